The van der Waals surface area contributed by atoms with Crippen LogP contribution < -0.4 is 29.6 Å². The average molecular weight is 306 g/mol. The summed E-state index contributed by atoms with van der Waals surface area (Å²) in [6.07, 6.45) is 9.79. The van der Waals surface area contributed by atoms with Crippen molar-refractivity contribution in [3.05, 3.63) is 29.8 Å². The van der Waals surface area contributed by atoms with Crippen molar-refractivity contribution in [2.24, 2.45) is 0 Å². The molecule has 0 spiro atoms. The Kier molecular flexibility index (Phi) is 10.9. The summed E-state index contributed by atoms with van der Waals surface area (Å²) in [5, 5.41) is 0. The van der Waals surface area contributed by atoms with Crippen molar-refractivity contribution in [3.63, 3.8) is 0 Å². The standard InChI is InChI=1S/C15H24O3S.Na/c1-2-3-4-5-6-7-8-9-14-10-12-15(13-11-14)19(16,17)18;/h10-13H,2-9H2,1H3,(H,16,17,18);/q;+1/p-1. The van der Waals surface area contributed by atoms with E-state index in [2.05, 4.69) is 6.92 Å². The van der Waals surface area contributed by atoms with Crippen LogP contribution in [-0.2, 0) is 16.5 Å². The number of unbranched alkanes of at least 4 members (excludes halogenated alkanes) is 6. The zero-order valence-corrected chi connectivity index (χ0v) is 15.4. The largest absolute Gasteiger partial charge is 1.00 e. The molecular weight excluding hydrogens is 283 g/mol. The third kappa shape index (κ3) is 8.42. The second-order valence-electron chi connectivity index (χ2n) is 4.97. The number of rotatable bonds is 9. The van der Waals surface area contributed by atoms with E-state index in [1.54, 1.807) is 12.1 Å². The topological polar surface area (TPSA) is 57.2 Å². The molecule has 1 rings (SSSR count). The van der Waals surface area contributed by atoms with Gasteiger partial charge in [-0.05, 0) is 30.5 Å². The van der Waals surface area contributed by atoms with Crippen LogP contribution >= 0.6 is 0 Å². The van der Waals surface area contributed by atoms with Crippen molar-refractivity contribution in [2.45, 2.75) is 63.2 Å². The molecule has 0 unspecified atom stereocenters. The second kappa shape index (κ2) is 10.8. The van der Waals surface area contributed by atoms with Crippen molar-refractivity contribution in [2.75, 3.05) is 0 Å². The average Bonchev–Trinajstić information content (AvgIpc) is 2.37. The monoisotopic (exact) mass is 306 g/mol. The van der Waals surface area contributed by atoms with Gasteiger partial charge in [-0.15, -0.1) is 0 Å². The summed E-state index contributed by atoms with van der Waals surface area (Å²) >= 11 is 0. The van der Waals surface area contributed by atoms with Gasteiger partial charge in [-0.25, -0.2) is 8.42 Å². The van der Waals surface area contributed by atoms with Crippen molar-refractivity contribution in [1.29, 1.82) is 0 Å². The van der Waals surface area contributed by atoms with Crippen LogP contribution in [0.15, 0.2) is 29.2 Å². The fourth-order valence-corrected chi connectivity index (χ4v) is 2.58. The van der Waals surface area contributed by atoms with E-state index >= 15 is 0 Å². The fourth-order valence-electron chi connectivity index (χ4n) is 2.11. The van der Waals surface area contributed by atoms with Crippen molar-refractivity contribution in [1.82, 2.24) is 0 Å². The third-order valence-electron chi connectivity index (χ3n) is 3.28. The molecule has 0 N–H and O–H groups in total. The minimum atomic E-state index is -4.31. The summed E-state index contributed by atoms with van der Waals surface area (Å²) in [6.45, 7) is 2.21. The zero-order chi connectivity index (χ0) is 14.1. The molecule has 0 saturated heterocycles. The molecule has 0 aliphatic heterocycles. The summed E-state index contributed by atoms with van der Waals surface area (Å²) < 4.78 is 32.3. The van der Waals surface area contributed by atoms with Gasteiger partial charge >= 0.3 is 29.6 Å². The Balaban J connectivity index is 0.00000361. The molecule has 0 heterocycles. The maximum absolute atomic E-state index is 10.8. The number of hydrogen-bond acceptors (Lipinski definition) is 3. The molecule has 0 aromatic heterocycles. The Bertz CT molecular complexity index is 455. The summed E-state index contributed by atoms with van der Waals surface area (Å²) in [6, 6.07) is 6.28. The zero-order valence-electron chi connectivity index (χ0n) is 12.6. The molecule has 0 aliphatic carbocycles. The van der Waals surface area contributed by atoms with Crippen LogP contribution in [0, 0.1) is 0 Å². The van der Waals surface area contributed by atoms with E-state index in [9.17, 15) is 13.0 Å². The maximum atomic E-state index is 10.8. The summed E-state index contributed by atoms with van der Waals surface area (Å²) in [4.78, 5) is -0.143. The Labute approximate surface area is 145 Å². The Hall–Kier alpha value is 0.130. The number of aryl methyl sites for hydroxylation is 1. The summed E-state index contributed by atoms with van der Waals surface area (Å²) in [5.74, 6) is 0. The van der Waals surface area contributed by atoms with Gasteiger partial charge < -0.3 is 4.55 Å². The van der Waals surface area contributed by atoms with E-state index in [4.69, 9.17) is 0 Å². The molecule has 0 atom stereocenters. The normalized spacial score (nSPS) is 11.1. The van der Waals surface area contributed by atoms with E-state index in [0.717, 1.165) is 18.4 Å². The molecule has 5 heteroatoms. The Morgan fingerprint density at radius 2 is 1.40 bits per heavy atom. The SMILES string of the molecule is CCCCCCCCCc1ccc(S(=O)(=O)[O-])cc1.[Na+]. The molecule has 0 aliphatic rings. The van der Waals surface area contributed by atoms with E-state index in [1.807, 2.05) is 0 Å². The molecule has 0 amide bonds. The van der Waals surface area contributed by atoms with Crippen LogP contribution in [0.3, 0.4) is 0 Å². The van der Waals surface area contributed by atoms with Crippen LogP contribution in [0.2, 0.25) is 0 Å². The molecule has 20 heavy (non-hydrogen) atoms. The van der Waals surface area contributed by atoms with Crippen molar-refractivity contribution >= 4 is 10.1 Å². The van der Waals surface area contributed by atoms with Crippen LogP contribution in [-0.4, -0.2) is 13.0 Å². The molecule has 1 aromatic rings. The molecular formula is C15H23NaO3S. The first-order valence-corrected chi connectivity index (χ1v) is 8.49. The van der Waals surface area contributed by atoms with Crippen LogP contribution in [0.1, 0.15) is 57.4 Å². The Morgan fingerprint density at radius 1 is 0.900 bits per heavy atom. The van der Waals surface area contributed by atoms with Crippen molar-refractivity contribution < 1.29 is 42.5 Å². The predicted octanol–water partition coefficient (Wildman–Crippen LogP) is 0.888. The predicted molar refractivity (Wildman–Crippen MR) is 76.1 cm³/mol. The van der Waals surface area contributed by atoms with Crippen LogP contribution in [0.25, 0.3) is 0 Å². The number of hydrogen-bond donors (Lipinski definition) is 0. The van der Waals surface area contributed by atoms with Gasteiger partial charge in [0.1, 0.15) is 10.1 Å². The minimum Gasteiger partial charge on any atom is -0.744 e. The summed E-state index contributed by atoms with van der Waals surface area (Å²) in [5.41, 5.74) is 1.10. The van der Waals surface area contributed by atoms with Gasteiger partial charge in [0.25, 0.3) is 0 Å². The van der Waals surface area contributed by atoms with Gasteiger partial charge in [0.2, 0.25) is 0 Å². The molecule has 1 aromatic carbocycles. The number of benzene rings is 1. The molecule has 0 radical (unpaired) electrons. The van der Waals surface area contributed by atoms with Gasteiger partial charge in [0.15, 0.2) is 0 Å². The first-order valence-electron chi connectivity index (χ1n) is 7.09. The molecule has 108 valence electrons. The third-order valence-corrected chi connectivity index (χ3v) is 4.13. The fraction of sp³-hybridized carbons (Fsp3) is 0.600. The minimum absolute atomic E-state index is 0. The molecule has 0 fully saturated rings. The smallest absolute Gasteiger partial charge is 0.744 e. The van der Waals surface area contributed by atoms with Gasteiger partial charge in [-0.2, -0.15) is 0 Å². The van der Waals surface area contributed by atoms with E-state index in [-0.39, 0.29) is 34.5 Å². The Morgan fingerprint density at radius 3 is 1.90 bits per heavy atom. The first kappa shape index (κ1) is 20.1. The maximum Gasteiger partial charge on any atom is 1.00 e. The van der Waals surface area contributed by atoms with Gasteiger partial charge in [0.05, 0.1) is 4.90 Å². The quantitative estimate of drug-likeness (QED) is 0.387. The van der Waals surface area contributed by atoms with Crippen molar-refractivity contribution in [3.8, 4) is 0 Å². The van der Waals surface area contributed by atoms with E-state index < -0.39 is 10.1 Å². The van der Waals surface area contributed by atoms with E-state index in [0.29, 0.717) is 0 Å². The van der Waals surface area contributed by atoms with Gasteiger partial charge in [0, 0.05) is 0 Å². The van der Waals surface area contributed by atoms with Crippen LogP contribution in [0.4, 0.5) is 0 Å². The van der Waals surface area contributed by atoms with Crippen LogP contribution in [0.5, 0.6) is 0 Å². The molecule has 3 nitrogen and oxygen atoms in total. The van der Waals surface area contributed by atoms with E-state index in [1.165, 1.54) is 50.7 Å². The molecule has 0 saturated carbocycles. The second-order valence-corrected chi connectivity index (χ2v) is 6.35. The molecule has 0 bridgehead atoms. The van der Waals surface area contributed by atoms with Gasteiger partial charge in [-0.1, -0.05) is 57.6 Å². The first-order chi connectivity index (χ1) is 9.04. The van der Waals surface area contributed by atoms with Gasteiger partial charge in [-0.3, -0.25) is 0 Å². The summed E-state index contributed by atoms with van der Waals surface area (Å²) in [7, 11) is -4.31.